The summed E-state index contributed by atoms with van der Waals surface area (Å²) in [4.78, 5) is 79.0. The van der Waals surface area contributed by atoms with Gasteiger partial charge in [0.25, 0.3) is 0 Å². The molecule has 0 aliphatic carbocycles. The lowest BCUT2D eigenvalue weighted by molar-refractivity contribution is -0.143. The largest absolute Gasteiger partial charge is 0.481 e. The number of aromatic amines is 1. The van der Waals surface area contributed by atoms with Crippen LogP contribution in [0.5, 0.6) is 0 Å². The number of nitrogens with one attached hydrogen (secondary N) is 4. The van der Waals surface area contributed by atoms with Crippen LogP contribution >= 0.6 is 0 Å². The Labute approximate surface area is 222 Å². The highest BCUT2D eigenvalue weighted by atomic mass is 16.4. The zero-order valence-electron chi connectivity index (χ0n) is 20.7. The van der Waals surface area contributed by atoms with Gasteiger partial charge in [0.15, 0.2) is 0 Å². The lowest BCUT2D eigenvalue weighted by atomic mass is 10.0. The number of amides is 3. The molecule has 1 aromatic carbocycles. The van der Waals surface area contributed by atoms with Gasteiger partial charge in [-0.2, -0.15) is 0 Å². The Balaban J connectivity index is 2.21. The molecule has 4 atom stereocenters. The minimum atomic E-state index is -1.66. The Morgan fingerprint density at radius 3 is 2.00 bits per heavy atom. The Kier molecular flexibility index (Phi) is 11.6. The molecule has 39 heavy (non-hydrogen) atoms. The lowest BCUT2D eigenvalue weighted by Gasteiger charge is -2.24. The first-order chi connectivity index (χ1) is 18.5. The molecule has 3 amide bonds. The number of H-pyrrole nitrogens is 1. The van der Waals surface area contributed by atoms with Crippen LogP contribution in [0.1, 0.15) is 30.5 Å². The summed E-state index contributed by atoms with van der Waals surface area (Å²) in [6.07, 6.45) is 0.992. The van der Waals surface area contributed by atoms with E-state index in [-0.39, 0.29) is 19.3 Å². The maximum atomic E-state index is 13.2. The van der Waals surface area contributed by atoms with Crippen LogP contribution in [0.4, 0.5) is 0 Å². The minimum absolute atomic E-state index is 0.0827. The van der Waals surface area contributed by atoms with Gasteiger partial charge < -0.3 is 42.0 Å². The van der Waals surface area contributed by atoms with E-state index < -0.39 is 72.6 Å². The SMILES string of the molecule is NC(CCC(=O)O)C(=O)NC(CC(=O)O)C(=O)NC(Cc1ccccc1)C(=O)NC(Cc1cnc[nH]1)C(=O)O. The van der Waals surface area contributed by atoms with E-state index in [0.29, 0.717) is 11.3 Å². The number of carbonyl (C=O) groups is 6. The van der Waals surface area contributed by atoms with Gasteiger partial charge in [-0.3, -0.25) is 24.0 Å². The monoisotopic (exact) mass is 546 g/mol. The van der Waals surface area contributed by atoms with Crippen LogP contribution in [0.15, 0.2) is 42.9 Å². The molecule has 0 saturated heterocycles. The minimum Gasteiger partial charge on any atom is -0.481 e. The molecule has 15 heteroatoms. The van der Waals surface area contributed by atoms with Crippen LogP contribution in [0.3, 0.4) is 0 Å². The van der Waals surface area contributed by atoms with Crippen molar-refractivity contribution < 1.29 is 44.1 Å². The van der Waals surface area contributed by atoms with E-state index in [1.54, 1.807) is 30.3 Å². The van der Waals surface area contributed by atoms with E-state index in [4.69, 9.17) is 10.8 Å². The number of aromatic nitrogens is 2. The van der Waals surface area contributed by atoms with E-state index in [1.807, 2.05) is 0 Å². The van der Waals surface area contributed by atoms with Crippen LogP contribution in [0.2, 0.25) is 0 Å². The van der Waals surface area contributed by atoms with Crippen LogP contribution in [-0.2, 0) is 41.6 Å². The van der Waals surface area contributed by atoms with Crippen molar-refractivity contribution in [2.75, 3.05) is 0 Å². The first kappa shape index (κ1) is 30.4. The molecule has 210 valence electrons. The second-order valence-corrected chi connectivity index (χ2v) is 8.63. The van der Waals surface area contributed by atoms with Gasteiger partial charge in [-0.25, -0.2) is 9.78 Å². The van der Waals surface area contributed by atoms with Crippen LogP contribution < -0.4 is 21.7 Å². The molecule has 0 aliphatic heterocycles. The van der Waals surface area contributed by atoms with Crippen molar-refractivity contribution in [3.8, 4) is 0 Å². The third kappa shape index (κ3) is 10.6. The maximum absolute atomic E-state index is 13.2. The number of hydrogen-bond acceptors (Lipinski definition) is 8. The number of nitrogens with two attached hydrogens (primary N) is 1. The standard InChI is InChI=1S/C24H30N6O9/c25-15(6-7-19(31)32)21(35)28-17(10-20(33)34)23(37)29-16(8-13-4-2-1-3-5-13)22(36)30-18(24(38)39)9-14-11-26-12-27-14/h1-5,11-12,15-18H,6-10,25H2,(H,26,27)(H,28,35)(H,29,37)(H,30,36)(H,31,32)(H,33,34)(H,38,39). The van der Waals surface area contributed by atoms with Gasteiger partial charge in [-0.15, -0.1) is 0 Å². The van der Waals surface area contributed by atoms with E-state index in [2.05, 4.69) is 25.9 Å². The van der Waals surface area contributed by atoms with Crippen molar-refractivity contribution in [3.05, 3.63) is 54.1 Å². The topological polar surface area (TPSA) is 254 Å². The molecule has 4 unspecified atom stereocenters. The first-order valence-electron chi connectivity index (χ1n) is 11.8. The van der Waals surface area contributed by atoms with Gasteiger partial charge >= 0.3 is 17.9 Å². The molecule has 2 aromatic rings. The Bertz CT molecular complexity index is 1160. The molecule has 0 saturated carbocycles. The van der Waals surface area contributed by atoms with Gasteiger partial charge in [0.05, 0.1) is 18.8 Å². The zero-order valence-corrected chi connectivity index (χ0v) is 20.7. The van der Waals surface area contributed by atoms with Gasteiger partial charge in [0.1, 0.15) is 18.1 Å². The van der Waals surface area contributed by atoms with Crippen LogP contribution in [0, 0.1) is 0 Å². The Hall–Kier alpha value is -4.79. The maximum Gasteiger partial charge on any atom is 0.326 e. The number of carboxylic acids is 3. The van der Waals surface area contributed by atoms with Gasteiger partial charge in [0.2, 0.25) is 17.7 Å². The lowest BCUT2D eigenvalue weighted by Crippen LogP contribution is -2.58. The molecule has 1 aromatic heterocycles. The van der Waals surface area contributed by atoms with Gasteiger partial charge in [-0.05, 0) is 12.0 Å². The van der Waals surface area contributed by atoms with Crippen molar-refractivity contribution in [1.29, 1.82) is 0 Å². The molecule has 0 bridgehead atoms. The van der Waals surface area contributed by atoms with Crippen LogP contribution in [0.25, 0.3) is 0 Å². The fraction of sp³-hybridized carbons (Fsp3) is 0.375. The molecular formula is C24H30N6O9. The molecule has 2 rings (SSSR count). The third-order valence-corrected chi connectivity index (χ3v) is 5.53. The average molecular weight is 547 g/mol. The first-order valence-corrected chi connectivity index (χ1v) is 11.8. The predicted molar refractivity (Wildman–Crippen MR) is 133 cm³/mol. The van der Waals surface area contributed by atoms with Gasteiger partial charge in [0, 0.05) is 31.2 Å². The van der Waals surface area contributed by atoms with E-state index in [9.17, 15) is 39.0 Å². The Morgan fingerprint density at radius 1 is 0.821 bits per heavy atom. The number of nitrogens with zero attached hydrogens (tertiary/aromatic N) is 1. The normalized spacial score (nSPS) is 13.8. The summed E-state index contributed by atoms with van der Waals surface area (Å²) in [6.45, 7) is 0. The summed E-state index contributed by atoms with van der Waals surface area (Å²) in [5.41, 5.74) is 6.70. The average Bonchev–Trinajstić information content (AvgIpc) is 3.39. The molecule has 15 nitrogen and oxygen atoms in total. The van der Waals surface area contributed by atoms with Crippen molar-refractivity contribution in [2.24, 2.45) is 5.73 Å². The van der Waals surface area contributed by atoms with Crippen molar-refractivity contribution in [2.45, 2.75) is 56.3 Å². The van der Waals surface area contributed by atoms with Crippen molar-refractivity contribution in [3.63, 3.8) is 0 Å². The molecule has 0 fully saturated rings. The molecule has 0 radical (unpaired) electrons. The summed E-state index contributed by atoms with van der Waals surface area (Å²) in [5, 5.41) is 34.5. The third-order valence-electron chi connectivity index (χ3n) is 5.53. The van der Waals surface area contributed by atoms with E-state index in [0.717, 1.165) is 0 Å². The van der Waals surface area contributed by atoms with Crippen molar-refractivity contribution >= 4 is 35.6 Å². The number of rotatable bonds is 16. The summed E-state index contributed by atoms with van der Waals surface area (Å²) in [7, 11) is 0. The highest BCUT2D eigenvalue weighted by Crippen LogP contribution is 2.07. The molecule has 9 N–H and O–H groups in total. The zero-order chi connectivity index (χ0) is 28.9. The Morgan fingerprint density at radius 2 is 1.44 bits per heavy atom. The number of carboxylic acid groups (broad SMARTS) is 3. The summed E-state index contributed by atoms with van der Waals surface area (Å²) in [5.74, 6) is -6.82. The van der Waals surface area contributed by atoms with E-state index >= 15 is 0 Å². The van der Waals surface area contributed by atoms with Gasteiger partial charge in [-0.1, -0.05) is 30.3 Å². The number of benzene rings is 1. The number of carbonyl (C=O) groups excluding carboxylic acids is 3. The number of hydrogen-bond donors (Lipinski definition) is 8. The second kappa shape index (κ2) is 14.8. The van der Waals surface area contributed by atoms with E-state index in [1.165, 1.54) is 12.5 Å². The molecular weight excluding hydrogens is 516 g/mol. The summed E-state index contributed by atoms with van der Waals surface area (Å²) in [6, 6.07) is 2.74. The molecule has 0 spiro atoms. The summed E-state index contributed by atoms with van der Waals surface area (Å²) < 4.78 is 0. The second-order valence-electron chi connectivity index (χ2n) is 8.63. The number of aliphatic carboxylic acids is 3. The quantitative estimate of drug-likeness (QED) is 0.119. The number of imidazole rings is 1. The molecule has 0 aliphatic rings. The highest BCUT2D eigenvalue weighted by molar-refractivity contribution is 5.95. The smallest absolute Gasteiger partial charge is 0.326 e. The fourth-order valence-corrected chi connectivity index (χ4v) is 3.49. The predicted octanol–water partition coefficient (Wildman–Crippen LogP) is -1.60. The van der Waals surface area contributed by atoms with Crippen LogP contribution in [-0.4, -0.2) is 85.1 Å². The highest BCUT2D eigenvalue weighted by Gasteiger charge is 2.32. The summed E-state index contributed by atoms with van der Waals surface area (Å²) >= 11 is 0. The fourth-order valence-electron chi connectivity index (χ4n) is 3.49. The molecule has 1 heterocycles. The van der Waals surface area contributed by atoms with Crippen molar-refractivity contribution in [1.82, 2.24) is 25.9 Å².